The van der Waals surface area contributed by atoms with Gasteiger partial charge in [-0.2, -0.15) is 0 Å². The summed E-state index contributed by atoms with van der Waals surface area (Å²) in [6.45, 7) is 1.61. The van der Waals surface area contributed by atoms with Gasteiger partial charge in [-0.15, -0.1) is 0 Å². The topological polar surface area (TPSA) is 96.2 Å². The van der Waals surface area contributed by atoms with Crippen molar-refractivity contribution in [2.24, 2.45) is 5.92 Å². The van der Waals surface area contributed by atoms with Gasteiger partial charge in [0.15, 0.2) is 12.4 Å². The Kier molecular flexibility index (Phi) is 3.43. The number of carbonyl (C=O) groups is 1. The van der Waals surface area contributed by atoms with Gasteiger partial charge in [0.2, 0.25) is 0 Å². The maximum atomic E-state index is 10.6. The van der Waals surface area contributed by atoms with E-state index in [9.17, 15) is 15.0 Å². The van der Waals surface area contributed by atoms with E-state index >= 15 is 0 Å². The van der Waals surface area contributed by atoms with E-state index in [2.05, 4.69) is 0 Å². The quantitative estimate of drug-likeness (QED) is 0.525. The minimum Gasteiger partial charge on any atom is -0.479 e. The van der Waals surface area contributed by atoms with Gasteiger partial charge in [-0.05, 0) is 0 Å². The smallest absolute Gasteiger partial charge is 0.335 e. The number of rotatable bonds is 2. The van der Waals surface area contributed by atoms with E-state index < -0.39 is 36.5 Å². The Labute approximate surface area is 81.1 Å². The van der Waals surface area contributed by atoms with Gasteiger partial charge >= 0.3 is 5.97 Å². The summed E-state index contributed by atoms with van der Waals surface area (Å²) in [5, 5.41) is 27.5. The SMILES string of the molecule is COC1OC(C(=O)O)C(O)C(O)C1C. The fraction of sp³-hybridized carbons (Fsp3) is 0.875. The summed E-state index contributed by atoms with van der Waals surface area (Å²) < 4.78 is 9.81. The zero-order chi connectivity index (χ0) is 10.9. The summed E-state index contributed by atoms with van der Waals surface area (Å²) in [4.78, 5) is 10.6. The molecule has 3 N–H and O–H groups in total. The number of carboxylic acids is 1. The molecule has 1 rings (SSSR count). The molecule has 0 aliphatic carbocycles. The molecule has 82 valence electrons. The lowest BCUT2D eigenvalue weighted by Gasteiger charge is -2.38. The van der Waals surface area contributed by atoms with E-state index in [4.69, 9.17) is 14.6 Å². The molecule has 5 atom stereocenters. The number of carboxylic acid groups (broad SMARTS) is 1. The molecule has 1 aliphatic heterocycles. The van der Waals surface area contributed by atoms with Crippen LogP contribution in [0.2, 0.25) is 0 Å². The Hall–Kier alpha value is -0.690. The first-order valence-electron chi connectivity index (χ1n) is 4.26. The summed E-state index contributed by atoms with van der Waals surface area (Å²) in [7, 11) is 1.35. The highest BCUT2D eigenvalue weighted by atomic mass is 16.7. The van der Waals surface area contributed by atoms with Gasteiger partial charge in [-0.1, -0.05) is 6.92 Å². The lowest BCUT2D eigenvalue weighted by atomic mass is 9.92. The van der Waals surface area contributed by atoms with Crippen LogP contribution in [0, 0.1) is 5.92 Å². The largest absolute Gasteiger partial charge is 0.479 e. The number of aliphatic carboxylic acids is 1. The molecule has 0 aromatic carbocycles. The fourth-order valence-corrected chi connectivity index (χ4v) is 1.47. The molecular formula is C8H14O6. The summed E-state index contributed by atoms with van der Waals surface area (Å²) in [5.41, 5.74) is 0. The lowest BCUT2D eigenvalue weighted by molar-refractivity contribution is -0.268. The average molecular weight is 206 g/mol. The van der Waals surface area contributed by atoms with Crippen molar-refractivity contribution in [3.63, 3.8) is 0 Å². The second-order valence-corrected chi connectivity index (χ2v) is 3.34. The predicted octanol–water partition coefficient (Wildman–Crippen LogP) is -1.20. The van der Waals surface area contributed by atoms with Gasteiger partial charge in [0.1, 0.15) is 6.10 Å². The lowest BCUT2D eigenvalue weighted by Crippen LogP contribution is -2.56. The van der Waals surface area contributed by atoms with Crippen molar-refractivity contribution in [1.82, 2.24) is 0 Å². The van der Waals surface area contributed by atoms with E-state index in [1.807, 2.05) is 0 Å². The van der Waals surface area contributed by atoms with Crippen molar-refractivity contribution in [3.05, 3.63) is 0 Å². The van der Waals surface area contributed by atoms with Gasteiger partial charge in [-0.25, -0.2) is 4.79 Å². The molecule has 1 aliphatic rings. The molecule has 0 spiro atoms. The third-order valence-electron chi connectivity index (χ3n) is 2.38. The molecule has 1 fully saturated rings. The van der Waals surface area contributed by atoms with Gasteiger partial charge in [0.05, 0.1) is 6.10 Å². The highest BCUT2D eigenvalue weighted by Gasteiger charge is 2.45. The minimum absolute atomic E-state index is 0.467. The summed E-state index contributed by atoms with van der Waals surface area (Å²) in [5.74, 6) is -1.78. The Balaban J connectivity index is 2.78. The first-order valence-corrected chi connectivity index (χ1v) is 4.26. The number of ether oxygens (including phenoxy) is 2. The van der Waals surface area contributed by atoms with Crippen LogP contribution >= 0.6 is 0 Å². The number of methoxy groups -OCH3 is 1. The van der Waals surface area contributed by atoms with Crippen LogP contribution in [-0.4, -0.2) is 53.0 Å². The molecule has 0 bridgehead atoms. The normalized spacial score (nSPS) is 43.6. The van der Waals surface area contributed by atoms with Crippen LogP contribution in [0.25, 0.3) is 0 Å². The van der Waals surface area contributed by atoms with Crippen LogP contribution < -0.4 is 0 Å². The van der Waals surface area contributed by atoms with E-state index in [-0.39, 0.29) is 0 Å². The van der Waals surface area contributed by atoms with E-state index in [0.717, 1.165) is 0 Å². The summed E-state index contributed by atoms with van der Waals surface area (Å²) >= 11 is 0. The second kappa shape index (κ2) is 4.22. The van der Waals surface area contributed by atoms with Gasteiger partial charge < -0.3 is 24.8 Å². The van der Waals surface area contributed by atoms with Crippen molar-refractivity contribution in [2.75, 3.05) is 7.11 Å². The number of hydrogen-bond donors (Lipinski definition) is 3. The first-order chi connectivity index (χ1) is 6.49. The van der Waals surface area contributed by atoms with Crippen LogP contribution in [0.1, 0.15) is 6.92 Å². The van der Waals surface area contributed by atoms with Crippen molar-refractivity contribution in [1.29, 1.82) is 0 Å². The Morgan fingerprint density at radius 2 is 1.93 bits per heavy atom. The average Bonchev–Trinajstić information content (AvgIpc) is 2.14. The number of aliphatic hydroxyl groups is 2. The predicted molar refractivity (Wildman–Crippen MR) is 44.5 cm³/mol. The summed E-state index contributed by atoms with van der Waals surface area (Å²) in [6.07, 6.45) is -4.83. The van der Waals surface area contributed by atoms with Crippen LogP contribution in [0.4, 0.5) is 0 Å². The minimum atomic E-state index is -1.44. The van der Waals surface area contributed by atoms with Crippen LogP contribution in [0.3, 0.4) is 0 Å². The maximum absolute atomic E-state index is 10.6. The fourth-order valence-electron chi connectivity index (χ4n) is 1.47. The molecule has 0 saturated carbocycles. The number of hydrogen-bond acceptors (Lipinski definition) is 5. The standard InChI is InChI=1S/C8H14O6/c1-3-4(9)5(10)6(7(11)12)14-8(3)13-2/h3-6,8-10H,1-2H3,(H,11,12). The van der Waals surface area contributed by atoms with Crippen molar-refractivity contribution in [3.8, 4) is 0 Å². The van der Waals surface area contributed by atoms with E-state index in [1.165, 1.54) is 7.11 Å². The van der Waals surface area contributed by atoms with Gasteiger partial charge in [-0.3, -0.25) is 0 Å². The van der Waals surface area contributed by atoms with Crippen molar-refractivity contribution >= 4 is 5.97 Å². The third-order valence-corrected chi connectivity index (χ3v) is 2.38. The molecule has 0 amide bonds. The molecule has 14 heavy (non-hydrogen) atoms. The molecule has 0 aromatic rings. The van der Waals surface area contributed by atoms with Gasteiger partial charge in [0, 0.05) is 13.0 Å². The maximum Gasteiger partial charge on any atom is 0.335 e. The summed E-state index contributed by atoms with van der Waals surface area (Å²) in [6, 6.07) is 0. The highest BCUT2D eigenvalue weighted by molar-refractivity contribution is 5.73. The second-order valence-electron chi connectivity index (χ2n) is 3.34. The molecule has 0 aromatic heterocycles. The molecule has 0 radical (unpaired) electrons. The van der Waals surface area contributed by atoms with Crippen molar-refractivity contribution < 1.29 is 29.6 Å². The molecule has 1 heterocycles. The first kappa shape index (κ1) is 11.4. The molecule has 6 nitrogen and oxygen atoms in total. The highest BCUT2D eigenvalue weighted by Crippen LogP contribution is 2.26. The number of aliphatic hydroxyl groups excluding tert-OH is 2. The Morgan fingerprint density at radius 3 is 2.36 bits per heavy atom. The third kappa shape index (κ3) is 1.88. The van der Waals surface area contributed by atoms with E-state index in [0.29, 0.717) is 0 Å². The Bertz CT molecular complexity index is 216. The zero-order valence-electron chi connectivity index (χ0n) is 7.95. The molecule has 1 saturated heterocycles. The van der Waals surface area contributed by atoms with Crippen LogP contribution in [0.15, 0.2) is 0 Å². The van der Waals surface area contributed by atoms with Crippen molar-refractivity contribution in [2.45, 2.75) is 31.5 Å². The van der Waals surface area contributed by atoms with Gasteiger partial charge in [0.25, 0.3) is 0 Å². The van der Waals surface area contributed by atoms with E-state index in [1.54, 1.807) is 6.92 Å². The van der Waals surface area contributed by atoms with Crippen LogP contribution in [0.5, 0.6) is 0 Å². The molecular weight excluding hydrogens is 192 g/mol. The Morgan fingerprint density at radius 1 is 1.36 bits per heavy atom. The molecule has 6 heteroatoms. The van der Waals surface area contributed by atoms with Crippen LogP contribution in [-0.2, 0) is 14.3 Å². The zero-order valence-corrected chi connectivity index (χ0v) is 7.95. The molecule has 5 unspecified atom stereocenters. The monoisotopic (exact) mass is 206 g/mol.